The molecule has 202 valence electrons. The fourth-order valence-electron chi connectivity index (χ4n) is 4.14. The molecular formula is C28H31BN4O5S. The minimum atomic E-state index is -1.77. The summed E-state index contributed by atoms with van der Waals surface area (Å²) >= 11 is 0. The van der Waals surface area contributed by atoms with Gasteiger partial charge in [-0.15, -0.1) is 0 Å². The maximum absolute atomic E-state index is 13.7. The van der Waals surface area contributed by atoms with E-state index in [4.69, 9.17) is 4.74 Å². The number of amides is 2. The second-order valence-corrected chi connectivity index (χ2v) is 11.6. The Morgan fingerprint density at radius 1 is 1.08 bits per heavy atom. The molecule has 0 spiro atoms. The summed E-state index contributed by atoms with van der Waals surface area (Å²) in [5.41, 5.74) is 5.22. The van der Waals surface area contributed by atoms with Crippen molar-refractivity contribution >= 4 is 41.5 Å². The molecule has 0 saturated heterocycles. The van der Waals surface area contributed by atoms with Crippen LogP contribution < -0.4 is 15.6 Å². The molecule has 0 aliphatic carbocycles. The lowest BCUT2D eigenvalue weighted by molar-refractivity contribution is 0.0358. The Hall–Kier alpha value is -3.96. The number of ether oxygens (including phenoxy) is 1. The molecule has 2 N–H and O–H groups in total. The molecule has 0 saturated carbocycles. The zero-order valence-electron chi connectivity index (χ0n) is 22.8. The lowest BCUT2D eigenvalue weighted by Crippen LogP contribution is -2.56. The normalized spacial score (nSPS) is 13.5. The Balaban J connectivity index is 1.62. The van der Waals surface area contributed by atoms with Crippen LogP contribution in [0.15, 0.2) is 70.7 Å². The first-order chi connectivity index (χ1) is 18.4. The van der Waals surface area contributed by atoms with Crippen LogP contribution in [0.3, 0.4) is 0 Å². The van der Waals surface area contributed by atoms with Crippen molar-refractivity contribution in [3.05, 3.63) is 88.5 Å². The highest BCUT2D eigenvalue weighted by molar-refractivity contribution is 7.84. The number of carbonyl (C=O) groups excluding carboxylic acids is 2. The molecule has 3 aromatic rings. The van der Waals surface area contributed by atoms with E-state index >= 15 is 0 Å². The van der Waals surface area contributed by atoms with E-state index in [1.807, 2.05) is 19.1 Å². The van der Waals surface area contributed by atoms with Crippen molar-refractivity contribution < 1.29 is 23.6 Å². The zero-order valence-corrected chi connectivity index (χ0v) is 23.6. The number of benzene rings is 3. The molecule has 1 unspecified atom stereocenters. The number of rotatable bonds is 5. The van der Waals surface area contributed by atoms with Crippen molar-refractivity contribution in [1.82, 2.24) is 14.8 Å². The summed E-state index contributed by atoms with van der Waals surface area (Å²) in [6.07, 6.45) is 1.50. The number of methoxy groups -OCH3 is 1. The van der Waals surface area contributed by atoms with Gasteiger partial charge in [0, 0.05) is 16.7 Å². The second-order valence-electron chi connectivity index (χ2n) is 10.2. The SMILES string of the molecule is COc1cccc(C(=O)NN(C(=O)c2ccc3c(c2)B(O)N(S(=O)c2ccc(C)cc2)N=C3)C(C)(C)C)c1C. The largest absolute Gasteiger partial charge is 0.496 e. The van der Waals surface area contributed by atoms with Gasteiger partial charge in [-0.3, -0.25) is 15.0 Å². The van der Waals surface area contributed by atoms with Crippen LogP contribution in [0.5, 0.6) is 5.75 Å². The van der Waals surface area contributed by atoms with Gasteiger partial charge in [0.15, 0.2) is 11.0 Å². The quantitative estimate of drug-likeness (QED) is 0.378. The molecule has 1 atom stereocenters. The summed E-state index contributed by atoms with van der Waals surface area (Å²) in [6.45, 7) is 9.11. The minimum Gasteiger partial charge on any atom is -0.496 e. The van der Waals surface area contributed by atoms with Crippen molar-refractivity contribution in [1.29, 1.82) is 0 Å². The van der Waals surface area contributed by atoms with Gasteiger partial charge in [-0.1, -0.05) is 29.8 Å². The van der Waals surface area contributed by atoms with Gasteiger partial charge >= 0.3 is 7.05 Å². The van der Waals surface area contributed by atoms with Crippen molar-refractivity contribution in [3.8, 4) is 5.75 Å². The Morgan fingerprint density at radius 2 is 1.77 bits per heavy atom. The van der Waals surface area contributed by atoms with Gasteiger partial charge in [-0.05, 0) is 82.0 Å². The van der Waals surface area contributed by atoms with Gasteiger partial charge in [0.05, 0.1) is 23.8 Å². The number of fused-ring (bicyclic) bond motifs is 1. The van der Waals surface area contributed by atoms with Crippen LogP contribution in [0.2, 0.25) is 0 Å². The first-order valence-electron chi connectivity index (χ1n) is 12.4. The molecule has 1 aliphatic rings. The number of nitrogens with zero attached hydrogens (tertiary/aromatic N) is 3. The lowest BCUT2D eigenvalue weighted by Gasteiger charge is -2.36. The van der Waals surface area contributed by atoms with Crippen LogP contribution >= 0.6 is 0 Å². The van der Waals surface area contributed by atoms with Gasteiger partial charge in [0.1, 0.15) is 5.75 Å². The summed E-state index contributed by atoms with van der Waals surface area (Å²) in [5, 5.41) is 16.6. The smallest absolute Gasteiger partial charge is 0.481 e. The number of carbonyl (C=O) groups is 2. The van der Waals surface area contributed by atoms with Gasteiger partial charge in [-0.2, -0.15) is 5.10 Å². The molecule has 1 aliphatic heterocycles. The molecule has 9 nitrogen and oxygen atoms in total. The molecule has 1 heterocycles. The minimum absolute atomic E-state index is 0.238. The van der Waals surface area contributed by atoms with Gasteiger partial charge < -0.3 is 9.76 Å². The van der Waals surface area contributed by atoms with E-state index in [0.29, 0.717) is 32.8 Å². The van der Waals surface area contributed by atoms with Crippen molar-refractivity contribution in [2.24, 2.45) is 5.10 Å². The number of hydrogen-bond donors (Lipinski definition) is 2. The van der Waals surface area contributed by atoms with E-state index in [1.165, 1.54) is 24.4 Å². The number of aryl methyl sites for hydroxylation is 1. The Kier molecular flexibility index (Phi) is 7.94. The third-order valence-electron chi connectivity index (χ3n) is 6.36. The summed E-state index contributed by atoms with van der Waals surface area (Å²) in [7, 11) is -1.59. The maximum atomic E-state index is 13.7. The summed E-state index contributed by atoms with van der Waals surface area (Å²) in [6, 6.07) is 17.0. The molecule has 11 heteroatoms. The predicted molar refractivity (Wildman–Crippen MR) is 152 cm³/mol. The zero-order chi connectivity index (χ0) is 28.5. The third kappa shape index (κ3) is 5.74. The van der Waals surface area contributed by atoms with E-state index in [1.54, 1.807) is 70.2 Å². The molecule has 4 rings (SSSR count). The lowest BCUT2D eigenvalue weighted by atomic mass is 9.71. The van der Waals surface area contributed by atoms with E-state index < -0.39 is 35.4 Å². The first-order valence-corrected chi connectivity index (χ1v) is 13.5. The highest BCUT2D eigenvalue weighted by Gasteiger charge is 2.36. The molecule has 0 bridgehead atoms. The maximum Gasteiger partial charge on any atom is 0.481 e. The van der Waals surface area contributed by atoms with E-state index in [-0.39, 0.29) is 5.56 Å². The van der Waals surface area contributed by atoms with Crippen molar-refractivity contribution in [3.63, 3.8) is 0 Å². The van der Waals surface area contributed by atoms with Crippen LogP contribution in [0.1, 0.15) is 58.2 Å². The molecule has 0 fully saturated rings. The summed E-state index contributed by atoms with van der Waals surface area (Å²) in [5.74, 6) is -0.367. The van der Waals surface area contributed by atoms with Crippen molar-refractivity contribution in [2.75, 3.05) is 7.11 Å². The summed E-state index contributed by atoms with van der Waals surface area (Å²) < 4.78 is 19.6. The molecule has 2 amide bonds. The van der Waals surface area contributed by atoms with Crippen LogP contribution in [0.25, 0.3) is 0 Å². The molecular weight excluding hydrogens is 515 g/mol. The fourth-order valence-corrected chi connectivity index (χ4v) is 5.15. The average Bonchev–Trinajstić information content (AvgIpc) is 2.91. The van der Waals surface area contributed by atoms with Crippen LogP contribution in [0, 0.1) is 13.8 Å². The standard InChI is InChI=1S/C28H31BN4O5S/c1-18-10-14-22(15-11-18)39(37)33-29(36)24-16-20(12-13-21(24)17-30-33)27(35)32(28(3,4)5)31-26(34)23-8-7-9-25(38-6)19(23)2/h7-17,36H,1-6H3,(H,31,34). The predicted octanol–water partition coefficient (Wildman–Crippen LogP) is 2.96. The van der Waals surface area contributed by atoms with Crippen LogP contribution in [0.4, 0.5) is 0 Å². The molecule has 39 heavy (non-hydrogen) atoms. The number of nitrogens with one attached hydrogen (secondary N) is 1. The Bertz CT molecular complexity index is 1470. The number of hydrazone groups is 1. The molecule has 0 radical (unpaired) electrons. The average molecular weight is 546 g/mol. The van der Waals surface area contributed by atoms with E-state index in [2.05, 4.69) is 10.5 Å². The first kappa shape index (κ1) is 28.1. The molecule has 0 aromatic heterocycles. The fraction of sp³-hybridized carbons (Fsp3) is 0.250. The number of hydrazine groups is 1. The van der Waals surface area contributed by atoms with Gasteiger partial charge in [-0.25, -0.2) is 13.5 Å². The summed E-state index contributed by atoms with van der Waals surface area (Å²) in [4.78, 5) is 27.4. The van der Waals surface area contributed by atoms with Crippen LogP contribution in [-0.2, 0) is 11.0 Å². The van der Waals surface area contributed by atoms with E-state index in [9.17, 15) is 18.8 Å². The van der Waals surface area contributed by atoms with Crippen molar-refractivity contribution in [2.45, 2.75) is 45.1 Å². The Labute approximate surface area is 231 Å². The highest BCUT2D eigenvalue weighted by Crippen LogP contribution is 2.23. The second kappa shape index (κ2) is 11.0. The topological polar surface area (TPSA) is 112 Å². The molecule has 3 aromatic carbocycles. The Morgan fingerprint density at radius 3 is 2.41 bits per heavy atom. The van der Waals surface area contributed by atoms with Crippen LogP contribution in [-0.4, -0.2) is 56.3 Å². The number of hydrogen-bond acceptors (Lipinski definition) is 6. The van der Waals surface area contributed by atoms with Gasteiger partial charge in [0.2, 0.25) is 0 Å². The van der Waals surface area contributed by atoms with Gasteiger partial charge in [0.25, 0.3) is 11.8 Å². The third-order valence-corrected chi connectivity index (χ3v) is 7.67. The monoisotopic (exact) mass is 546 g/mol. The van der Waals surface area contributed by atoms with E-state index in [0.717, 1.165) is 9.89 Å². The highest BCUT2D eigenvalue weighted by atomic mass is 32.2.